The van der Waals surface area contributed by atoms with Crippen LogP contribution in [0.15, 0.2) is 27.6 Å². The minimum absolute atomic E-state index is 0.0248. The summed E-state index contributed by atoms with van der Waals surface area (Å²) in [6.45, 7) is 1.76. The summed E-state index contributed by atoms with van der Waals surface area (Å²) in [6.07, 6.45) is 0. The molecule has 2 aromatic rings. The van der Waals surface area contributed by atoms with E-state index in [1.165, 1.54) is 19.2 Å². The number of aryl methyl sites for hydroxylation is 1. The first kappa shape index (κ1) is 16.1. The molecule has 0 aliphatic heterocycles. The van der Waals surface area contributed by atoms with Crippen molar-refractivity contribution >= 4 is 38.9 Å². The lowest BCUT2D eigenvalue weighted by atomic mass is 10.3. The molecule has 0 radical (unpaired) electrons. The van der Waals surface area contributed by atoms with E-state index in [1.54, 1.807) is 13.0 Å². The second-order valence-electron chi connectivity index (χ2n) is 4.50. The highest BCUT2D eigenvalue weighted by atomic mass is 35.5. The summed E-state index contributed by atoms with van der Waals surface area (Å²) in [4.78, 5) is -0.178. The monoisotopic (exact) mass is 349 g/mol. The maximum absolute atomic E-state index is 12.6. The van der Waals surface area contributed by atoms with Gasteiger partial charge in [-0.2, -0.15) is 4.31 Å². The molecular weight excluding hydrogens is 337 g/mol. The molecule has 0 bridgehead atoms. The molecule has 0 spiro atoms. The molecule has 2 N–H and O–H groups in total. The van der Waals surface area contributed by atoms with Crippen molar-refractivity contribution in [3.05, 3.63) is 39.7 Å². The average Bonchev–Trinajstić information content (AvgIpc) is 2.72. The van der Waals surface area contributed by atoms with Gasteiger partial charge < -0.3 is 10.3 Å². The largest absolute Gasteiger partial charge is 0.399 e. The summed E-state index contributed by atoms with van der Waals surface area (Å²) >= 11 is 11.9. The molecule has 0 atom stereocenters. The predicted molar refractivity (Wildman–Crippen MR) is 80.8 cm³/mol. The summed E-state index contributed by atoms with van der Waals surface area (Å²) in [6, 6.07) is 4.33. The predicted octanol–water partition coefficient (Wildman–Crippen LogP) is 2.69. The molecule has 21 heavy (non-hydrogen) atoms. The van der Waals surface area contributed by atoms with Crippen LogP contribution in [0.2, 0.25) is 10.0 Å². The Hall–Kier alpha value is -1.28. The van der Waals surface area contributed by atoms with E-state index in [0.29, 0.717) is 17.1 Å². The number of hydrogen-bond acceptors (Lipinski definition) is 5. The van der Waals surface area contributed by atoms with Gasteiger partial charge in [-0.1, -0.05) is 28.4 Å². The molecule has 6 nitrogen and oxygen atoms in total. The fourth-order valence-corrected chi connectivity index (χ4v) is 4.10. The van der Waals surface area contributed by atoms with Crippen LogP contribution in [0.4, 0.5) is 5.69 Å². The van der Waals surface area contributed by atoms with E-state index >= 15 is 0 Å². The molecule has 1 aromatic carbocycles. The van der Waals surface area contributed by atoms with Gasteiger partial charge in [0.1, 0.15) is 10.7 Å². The standard InChI is InChI=1S/C12H13Cl2N3O3S/c1-7-3-9(16-20-7)6-17(2)21(18,19)12-10(13)4-8(15)5-11(12)14/h3-5H,6,15H2,1-2H3. The summed E-state index contributed by atoms with van der Waals surface area (Å²) < 4.78 is 31.1. The van der Waals surface area contributed by atoms with Crippen molar-refractivity contribution in [1.82, 2.24) is 9.46 Å². The van der Waals surface area contributed by atoms with Crippen LogP contribution in [0.3, 0.4) is 0 Å². The van der Waals surface area contributed by atoms with Crippen molar-refractivity contribution in [1.29, 1.82) is 0 Å². The molecule has 2 rings (SSSR count). The van der Waals surface area contributed by atoms with Crippen LogP contribution in [-0.4, -0.2) is 24.9 Å². The number of rotatable bonds is 4. The number of benzene rings is 1. The summed E-state index contributed by atoms with van der Waals surface area (Å²) in [5.41, 5.74) is 6.35. The van der Waals surface area contributed by atoms with E-state index in [0.717, 1.165) is 4.31 Å². The molecule has 0 aliphatic carbocycles. The third kappa shape index (κ3) is 3.32. The summed E-state index contributed by atoms with van der Waals surface area (Å²) in [7, 11) is -2.47. The zero-order valence-electron chi connectivity index (χ0n) is 11.3. The fraction of sp³-hybridized carbons (Fsp3) is 0.250. The van der Waals surface area contributed by atoms with Crippen LogP contribution in [0.5, 0.6) is 0 Å². The minimum Gasteiger partial charge on any atom is -0.399 e. The topological polar surface area (TPSA) is 89.4 Å². The van der Waals surface area contributed by atoms with Gasteiger partial charge in [-0.3, -0.25) is 0 Å². The minimum atomic E-state index is -3.87. The van der Waals surface area contributed by atoms with Crippen LogP contribution in [0.25, 0.3) is 0 Å². The van der Waals surface area contributed by atoms with Gasteiger partial charge in [0, 0.05) is 18.8 Å². The Morgan fingerprint density at radius 3 is 2.33 bits per heavy atom. The SMILES string of the molecule is Cc1cc(CN(C)S(=O)(=O)c2c(Cl)cc(N)cc2Cl)no1. The Labute approximate surface area is 132 Å². The number of anilines is 1. The number of aromatic nitrogens is 1. The highest BCUT2D eigenvalue weighted by molar-refractivity contribution is 7.89. The van der Waals surface area contributed by atoms with Gasteiger partial charge in [0.25, 0.3) is 0 Å². The molecule has 0 aliphatic rings. The first-order valence-electron chi connectivity index (χ1n) is 5.85. The van der Waals surface area contributed by atoms with E-state index in [9.17, 15) is 8.42 Å². The van der Waals surface area contributed by atoms with Gasteiger partial charge in [-0.05, 0) is 19.1 Å². The molecule has 0 amide bonds. The third-order valence-electron chi connectivity index (χ3n) is 2.75. The highest BCUT2D eigenvalue weighted by Gasteiger charge is 2.27. The van der Waals surface area contributed by atoms with Gasteiger partial charge in [0.15, 0.2) is 0 Å². The van der Waals surface area contributed by atoms with E-state index in [1.807, 2.05) is 0 Å². The maximum atomic E-state index is 12.6. The molecular formula is C12H13Cl2N3O3S. The van der Waals surface area contributed by atoms with Gasteiger partial charge in [0.05, 0.1) is 22.3 Å². The molecule has 0 unspecified atom stereocenters. The smallest absolute Gasteiger partial charge is 0.246 e. The molecule has 0 saturated heterocycles. The molecule has 114 valence electrons. The normalized spacial score (nSPS) is 12.0. The van der Waals surface area contributed by atoms with E-state index in [2.05, 4.69) is 5.16 Å². The Balaban J connectivity index is 2.38. The quantitative estimate of drug-likeness (QED) is 0.857. The van der Waals surface area contributed by atoms with E-state index < -0.39 is 10.0 Å². The van der Waals surface area contributed by atoms with Crippen LogP contribution in [0.1, 0.15) is 11.5 Å². The molecule has 0 saturated carbocycles. The van der Waals surface area contributed by atoms with Crippen molar-refractivity contribution < 1.29 is 12.9 Å². The first-order valence-corrected chi connectivity index (χ1v) is 8.04. The van der Waals surface area contributed by atoms with Gasteiger partial charge in [-0.25, -0.2) is 8.42 Å². The molecule has 1 aromatic heterocycles. The zero-order chi connectivity index (χ0) is 15.8. The number of nitrogens with zero attached hydrogens (tertiary/aromatic N) is 2. The van der Waals surface area contributed by atoms with Crippen molar-refractivity contribution in [2.24, 2.45) is 0 Å². The average molecular weight is 350 g/mol. The van der Waals surface area contributed by atoms with Crippen LogP contribution >= 0.6 is 23.2 Å². The van der Waals surface area contributed by atoms with Crippen LogP contribution in [0, 0.1) is 6.92 Å². The number of sulfonamides is 1. The van der Waals surface area contributed by atoms with Crippen molar-refractivity contribution in [2.75, 3.05) is 12.8 Å². The highest BCUT2D eigenvalue weighted by Crippen LogP contribution is 2.33. The number of halogens is 2. The fourth-order valence-electron chi connectivity index (χ4n) is 1.79. The van der Waals surface area contributed by atoms with Gasteiger partial charge in [0.2, 0.25) is 10.0 Å². The van der Waals surface area contributed by atoms with Crippen molar-refractivity contribution in [3.63, 3.8) is 0 Å². The van der Waals surface area contributed by atoms with Crippen molar-refractivity contribution in [3.8, 4) is 0 Å². The summed E-state index contributed by atoms with van der Waals surface area (Å²) in [5.74, 6) is 0.597. The number of hydrogen-bond donors (Lipinski definition) is 1. The molecule has 0 fully saturated rings. The lowest BCUT2D eigenvalue weighted by Gasteiger charge is -2.18. The number of nitrogen functional groups attached to an aromatic ring is 1. The van der Waals surface area contributed by atoms with Crippen LogP contribution < -0.4 is 5.73 Å². The van der Waals surface area contributed by atoms with Crippen molar-refractivity contribution in [2.45, 2.75) is 18.4 Å². The Bertz CT molecular complexity index is 751. The molecule has 1 heterocycles. The Morgan fingerprint density at radius 1 is 1.29 bits per heavy atom. The van der Waals surface area contributed by atoms with E-state index in [4.69, 9.17) is 33.5 Å². The zero-order valence-corrected chi connectivity index (χ0v) is 13.6. The Morgan fingerprint density at radius 2 is 1.86 bits per heavy atom. The lowest BCUT2D eigenvalue weighted by Crippen LogP contribution is -2.27. The third-order valence-corrected chi connectivity index (χ3v) is 5.48. The second kappa shape index (κ2) is 5.84. The summed E-state index contributed by atoms with van der Waals surface area (Å²) in [5, 5.41) is 3.71. The van der Waals surface area contributed by atoms with Crippen LogP contribution in [-0.2, 0) is 16.6 Å². The van der Waals surface area contributed by atoms with Gasteiger partial charge >= 0.3 is 0 Å². The molecule has 9 heteroatoms. The second-order valence-corrected chi connectivity index (χ2v) is 7.30. The van der Waals surface area contributed by atoms with Gasteiger partial charge in [-0.15, -0.1) is 0 Å². The lowest BCUT2D eigenvalue weighted by molar-refractivity contribution is 0.378. The maximum Gasteiger partial charge on any atom is 0.246 e. The van der Waals surface area contributed by atoms with E-state index in [-0.39, 0.29) is 21.5 Å². The number of nitrogens with two attached hydrogens (primary N) is 1. The Kier molecular flexibility index (Phi) is 4.48. The first-order chi connectivity index (χ1) is 9.71.